The van der Waals surface area contributed by atoms with Gasteiger partial charge in [0.05, 0.1) is 17.2 Å². The number of aromatic carboxylic acids is 1. The number of hydrogen-bond acceptors (Lipinski definition) is 5. The molecule has 2 aliphatic carbocycles. The number of alkyl halides is 3. The molecule has 3 amide bonds. The van der Waals surface area contributed by atoms with Crippen LogP contribution in [0.4, 0.5) is 28.0 Å². The minimum atomic E-state index is -3.51. The predicted molar refractivity (Wildman–Crippen MR) is 159 cm³/mol. The van der Waals surface area contributed by atoms with Crippen LogP contribution in [0.25, 0.3) is 0 Å². The first-order valence-corrected chi connectivity index (χ1v) is 15.7. The molecule has 2 aliphatic rings. The molecular formula is C32H45F4N3O6. The van der Waals surface area contributed by atoms with E-state index in [2.05, 4.69) is 10.6 Å². The summed E-state index contributed by atoms with van der Waals surface area (Å²) in [5.41, 5.74) is -2.35. The number of nitrogens with one attached hydrogen (secondary N) is 3. The average Bonchev–Trinajstić information content (AvgIpc) is 2.97. The average molecular weight is 644 g/mol. The van der Waals surface area contributed by atoms with E-state index in [0.717, 1.165) is 77.2 Å². The maximum atomic E-state index is 15.5. The maximum Gasteiger partial charge on any atom is 0.408 e. The molecule has 45 heavy (non-hydrogen) atoms. The molecule has 4 N–H and O–H groups in total. The molecule has 2 fully saturated rings. The highest BCUT2D eigenvalue weighted by atomic mass is 19.3. The monoisotopic (exact) mass is 643 g/mol. The largest absolute Gasteiger partial charge is 0.478 e. The van der Waals surface area contributed by atoms with Crippen LogP contribution in [0, 0.1) is 23.6 Å². The van der Waals surface area contributed by atoms with Crippen LogP contribution in [-0.4, -0.2) is 53.3 Å². The third kappa shape index (κ3) is 10.1. The number of hydrogen-bond donors (Lipinski definition) is 4. The lowest BCUT2D eigenvalue weighted by Crippen LogP contribution is -2.54. The van der Waals surface area contributed by atoms with Crippen molar-refractivity contribution in [3.63, 3.8) is 0 Å². The van der Waals surface area contributed by atoms with Gasteiger partial charge in [-0.25, -0.2) is 27.2 Å². The summed E-state index contributed by atoms with van der Waals surface area (Å²) in [5, 5.41) is 16.5. The highest BCUT2D eigenvalue weighted by Crippen LogP contribution is 2.42. The Labute approximate surface area is 261 Å². The van der Waals surface area contributed by atoms with Gasteiger partial charge in [-0.2, -0.15) is 0 Å². The van der Waals surface area contributed by atoms with Crippen LogP contribution in [-0.2, 0) is 14.3 Å². The zero-order valence-electron chi connectivity index (χ0n) is 26.3. The lowest BCUT2D eigenvalue weighted by Gasteiger charge is -2.42. The van der Waals surface area contributed by atoms with E-state index >= 15 is 4.39 Å². The SMILES string of the molecule is CC(C(=O)NC(F)C(F)F)c1cc(F)c(NC(=O)C(NC(=O)OC(C)(C)C)C(C2CCCCC2)C2CCCCC2)cc1C(=O)O. The van der Waals surface area contributed by atoms with Crippen LogP contribution in [0.2, 0.25) is 0 Å². The summed E-state index contributed by atoms with van der Waals surface area (Å²) < 4.78 is 59.6. The number of ether oxygens (including phenoxy) is 1. The fourth-order valence-electron chi connectivity index (χ4n) is 6.64. The number of carbonyl (C=O) groups excluding carboxylic acids is 3. The molecule has 0 saturated heterocycles. The van der Waals surface area contributed by atoms with Crippen molar-refractivity contribution in [2.45, 2.75) is 122 Å². The lowest BCUT2D eigenvalue weighted by molar-refractivity contribution is -0.126. The topological polar surface area (TPSA) is 134 Å². The molecule has 0 aliphatic heterocycles. The fraction of sp³-hybridized carbons (Fsp3) is 0.688. The van der Waals surface area contributed by atoms with E-state index in [0.29, 0.717) is 6.07 Å². The van der Waals surface area contributed by atoms with Gasteiger partial charge in [-0.15, -0.1) is 0 Å². The highest BCUT2D eigenvalue weighted by molar-refractivity contribution is 5.99. The van der Waals surface area contributed by atoms with Gasteiger partial charge < -0.3 is 25.8 Å². The number of carbonyl (C=O) groups is 4. The van der Waals surface area contributed by atoms with E-state index in [1.54, 1.807) is 20.8 Å². The Morgan fingerprint density at radius 2 is 1.40 bits per heavy atom. The summed E-state index contributed by atoms with van der Waals surface area (Å²) in [7, 11) is 0. The number of alkyl carbamates (subject to hydrolysis) is 1. The number of rotatable bonds is 11. The van der Waals surface area contributed by atoms with Crippen molar-refractivity contribution in [2.24, 2.45) is 17.8 Å². The van der Waals surface area contributed by atoms with Crippen molar-refractivity contribution >= 4 is 29.6 Å². The van der Waals surface area contributed by atoms with Crippen LogP contribution in [0.1, 0.15) is 114 Å². The Morgan fingerprint density at radius 3 is 1.87 bits per heavy atom. The molecule has 0 radical (unpaired) electrons. The number of benzene rings is 1. The Hall–Kier alpha value is -3.38. The minimum Gasteiger partial charge on any atom is -0.478 e. The third-order valence-corrected chi connectivity index (χ3v) is 8.72. The lowest BCUT2D eigenvalue weighted by atomic mass is 9.66. The fourth-order valence-corrected chi connectivity index (χ4v) is 6.64. The Balaban J connectivity index is 1.98. The van der Waals surface area contributed by atoms with E-state index in [9.17, 15) is 37.5 Å². The molecule has 13 heteroatoms. The van der Waals surface area contributed by atoms with Crippen LogP contribution in [0.5, 0.6) is 0 Å². The summed E-state index contributed by atoms with van der Waals surface area (Å²) in [4.78, 5) is 51.5. The molecule has 2 saturated carbocycles. The van der Waals surface area contributed by atoms with Gasteiger partial charge in [0.15, 0.2) is 0 Å². The Morgan fingerprint density at radius 1 is 0.867 bits per heavy atom. The summed E-state index contributed by atoms with van der Waals surface area (Å²) in [5.74, 6) is -6.24. The molecule has 9 nitrogen and oxygen atoms in total. The Bertz CT molecular complexity index is 1190. The van der Waals surface area contributed by atoms with Gasteiger partial charge in [0.25, 0.3) is 6.43 Å². The van der Waals surface area contributed by atoms with E-state index in [1.807, 2.05) is 0 Å². The number of carboxylic acid groups (broad SMARTS) is 1. The molecular weight excluding hydrogens is 598 g/mol. The molecule has 0 bridgehead atoms. The van der Waals surface area contributed by atoms with E-state index < -0.39 is 76.8 Å². The third-order valence-electron chi connectivity index (χ3n) is 8.72. The van der Waals surface area contributed by atoms with Gasteiger partial charge >= 0.3 is 12.1 Å². The van der Waals surface area contributed by atoms with Crippen molar-refractivity contribution in [2.75, 3.05) is 5.32 Å². The minimum absolute atomic E-state index is 0.126. The zero-order chi connectivity index (χ0) is 33.5. The second-order valence-corrected chi connectivity index (χ2v) is 13.2. The smallest absolute Gasteiger partial charge is 0.408 e. The zero-order valence-corrected chi connectivity index (χ0v) is 26.3. The molecule has 3 unspecified atom stereocenters. The van der Waals surface area contributed by atoms with Crippen LogP contribution in [0.3, 0.4) is 0 Å². The Kier molecular flexibility index (Phi) is 12.6. The highest BCUT2D eigenvalue weighted by Gasteiger charge is 2.42. The van der Waals surface area contributed by atoms with Crippen molar-refractivity contribution < 1.29 is 46.6 Å². The predicted octanol–water partition coefficient (Wildman–Crippen LogP) is 6.91. The van der Waals surface area contributed by atoms with Crippen molar-refractivity contribution in [3.8, 4) is 0 Å². The van der Waals surface area contributed by atoms with Crippen LogP contribution >= 0.6 is 0 Å². The molecule has 1 aromatic rings. The van der Waals surface area contributed by atoms with Crippen LogP contribution in [0.15, 0.2) is 12.1 Å². The van der Waals surface area contributed by atoms with E-state index in [1.165, 1.54) is 5.32 Å². The summed E-state index contributed by atoms with van der Waals surface area (Å²) in [6.07, 6.45) is 2.27. The first kappa shape index (κ1) is 36.1. The van der Waals surface area contributed by atoms with Gasteiger partial charge in [-0.05, 0) is 63.1 Å². The van der Waals surface area contributed by atoms with E-state index in [-0.39, 0.29) is 17.8 Å². The molecule has 3 atom stereocenters. The number of amides is 3. The summed E-state index contributed by atoms with van der Waals surface area (Å²) in [6, 6.07) is 0.420. The van der Waals surface area contributed by atoms with E-state index in [4.69, 9.17) is 4.74 Å². The molecule has 1 aromatic carbocycles. The maximum absolute atomic E-state index is 15.5. The van der Waals surface area contributed by atoms with Crippen LogP contribution < -0.4 is 16.0 Å². The number of halogens is 4. The molecule has 3 rings (SSSR count). The first-order chi connectivity index (χ1) is 21.1. The van der Waals surface area contributed by atoms with Gasteiger partial charge in [-0.1, -0.05) is 64.2 Å². The standard InChI is InChI=1S/C32H45F4N3O6/c1-17(28(40)39-27(36)26(34)35)20-15-22(33)23(16-21(20)30(42)43)37-29(41)25(38-31(44)45-32(2,3)4)24(18-11-7-5-8-12-18)19-13-9-6-10-14-19/h15-19,24-27H,5-14H2,1-4H3,(H,37,41)(H,38,44)(H,39,40)(H,42,43). The van der Waals surface area contributed by atoms with Gasteiger partial charge in [-0.3, -0.25) is 9.59 Å². The van der Waals surface area contributed by atoms with Gasteiger partial charge in [0, 0.05) is 0 Å². The first-order valence-electron chi connectivity index (χ1n) is 15.7. The molecule has 0 spiro atoms. The second-order valence-electron chi connectivity index (χ2n) is 13.2. The molecule has 0 heterocycles. The van der Waals surface area contributed by atoms with Gasteiger partial charge in [0.1, 0.15) is 17.5 Å². The van der Waals surface area contributed by atoms with Gasteiger partial charge in [0.2, 0.25) is 18.1 Å². The summed E-state index contributed by atoms with van der Waals surface area (Å²) in [6.45, 7) is 6.18. The second kappa shape index (κ2) is 15.8. The van der Waals surface area contributed by atoms with Crippen molar-refractivity contribution in [1.29, 1.82) is 0 Å². The number of anilines is 1. The number of carboxylic acids is 1. The summed E-state index contributed by atoms with van der Waals surface area (Å²) >= 11 is 0. The van der Waals surface area contributed by atoms with Crippen molar-refractivity contribution in [3.05, 3.63) is 29.1 Å². The molecule has 252 valence electrons. The normalized spacial score (nSPS) is 18.6. The van der Waals surface area contributed by atoms with Crippen molar-refractivity contribution in [1.82, 2.24) is 10.6 Å². The molecule has 0 aromatic heterocycles. The quantitative estimate of drug-likeness (QED) is 0.153.